The number of thioether (sulfide) groups is 1. The standard InChI is InChI=1S/C16H26N2S/c1-18(14-6-4-3-5-7-14)16(12-17)13-8-10-15(19-2)11-9-13/h8-11,14,16H,3-7,12,17H2,1-2H3. The van der Waals surface area contributed by atoms with Crippen LogP contribution in [0.2, 0.25) is 0 Å². The lowest BCUT2D eigenvalue weighted by atomic mass is 9.92. The van der Waals surface area contributed by atoms with Crippen molar-refractivity contribution < 1.29 is 0 Å². The zero-order chi connectivity index (χ0) is 13.7. The highest BCUT2D eigenvalue weighted by Crippen LogP contribution is 2.29. The summed E-state index contributed by atoms with van der Waals surface area (Å²) in [6.45, 7) is 0.700. The fourth-order valence-electron chi connectivity index (χ4n) is 3.11. The summed E-state index contributed by atoms with van der Waals surface area (Å²) in [6, 6.07) is 9.96. The van der Waals surface area contributed by atoms with Crippen LogP contribution < -0.4 is 5.73 Å². The average Bonchev–Trinajstić information content (AvgIpc) is 2.49. The molecule has 1 aromatic carbocycles. The predicted octanol–water partition coefficient (Wildman–Crippen LogP) is 3.67. The van der Waals surface area contributed by atoms with Gasteiger partial charge in [0.25, 0.3) is 0 Å². The van der Waals surface area contributed by atoms with Crippen LogP contribution in [0.5, 0.6) is 0 Å². The molecule has 2 nitrogen and oxygen atoms in total. The van der Waals surface area contributed by atoms with Crippen molar-refractivity contribution in [3.63, 3.8) is 0 Å². The molecule has 0 bridgehead atoms. The van der Waals surface area contributed by atoms with Crippen molar-refractivity contribution in [2.75, 3.05) is 19.8 Å². The van der Waals surface area contributed by atoms with Crippen molar-refractivity contribution in [2.24, 2.45) is 5.73 Å². The van der Waals surface area contributed by atoms with E-state index in [2.05, 4.69) is 42.5 Å². The molecule has 3 heteroatoms. The fraction of sp³-hybridized carbons (Fsp3) is 0.625. The molecule has 2 rings (SSSR count). The maximum absolute atomic E-state index is 6.04. The Labute approximate surface area is 121 Å². The van der Waals surface area contributed by atoms with Crippen LogP contribution in [-0.2, 0) is 0 Å². The highest BCUT2D eigenvalue weighted by atomic mass is 32.2. The second-order valence-electron chi connectivity index (χ2n) is 5.48. The van der Waals surface area contributed by atoms with Gasteiger partial charge in [0.2, 0.25) is 0 Å². The van der Waals surface area contributed by atoms with Crippen molar-refractivity contribution in [3.8, 4) is 0 Å². The molecule has 106 valence electrons. The normalized spacial score (nSPS) is 18.7. The van der Waals surface area contributed by atoms with Crippen LogP contribution >= 0.6 is 11.8 Å². The van der Waals surface area contributed by atoms with Crippen LogP contribution in [0.1, 0.15) is 43.7 Å². The molecule has 0 amide bonds. The first kappa shape index (κ1) is 14.9. The molecule has 1 saturated carbocycles. The summed E-state index contributed by atoms with van der Waals surface area (Å²) in [7, 11) is 2.25. The Hall–Kier alpha value is -0.510. The van der Waals surface area contributed by atoms with Gasteiger partial charge in [-0.2, -0.15) is 0 Å². The first-order valence-corrected chi connectivity index (χ1v) is 8.54. The minimum atomic E-state index is 0.360. The van der Waals surface area contributed by atoms with Crippen LogP contribution in [0.15, 0.2) is 29.2 Å². The monoisotopic (exact) mass is 278 g/mol. The molecule has 0 heterocycles. The molecule has 1 unspecified atom stereocenters. The molecule has 0 saturated heterocycles. The van der Waals surface area contributed by atoms with Crippen LogP contribution in [0.3, 0.4) is 0 Å². The second kappa shape index (κ2) is 7.32. The topological polar surface area (TPSA) is 29.3 Å². The van der Waals surface area contributed by atoms with Gasteiger partial charge in [0.15, 0.2) is 0 Å². The third kappa shape index (κ3) is 3.74. The summed E-state index contributed by atoms with van der Waals surface area (Å²) in [5.74, 6) is 0. The number of benzene rings is 1. The minimum absolute atomic E-state index is 0.360. The van der Waals surface area contributed by atoms with E-state index < -0.39 is 0 Å². The Bertz CT molecular complexity index is 371. The third-order valence-corrected chi connectivity index (χ3v) is 5.11. The number of nitrogens with two attached hydrogens (primary N) is 1. The molecule has 1 fully saturated rings. The lowest BCUT2D eigenvalue weighted by Gasteiger charge is -2.37. The molecular formula is C16H26N2S. The van der Waals surface area contributed by atoms with Crippen LogP contribution in [0.25, 0.3) is 0 Å². The minimum Gasteiger partial charge on any atom is -0.329 e. The van der Waals surface area contributed by atoms with E-state index in [4.69, 9.17) is 5.73 Å². The molecular weight excluding hydrogens is 252 g/mol. The maximum atomic E-state index is 6.04. The Morgan fingerprint density at radius 3 is 2.37 bits per heavy atom. The molecule has 1 atom stereocenters. The molecule has 19 heavy (non-hydrogen) atoms. The van der Waals surface area contributed by atoms with E-state index in [1.807, 2.05) is 0 Å². The SMILES string of the molecule is CSc1ccc(C(CN)N(C)C2CCCCC2)cc1. The van der Waals surface area contributed by atoms with Crippen LogP contribution in [0, 0.1) is 0 Å². The number of hydrogen-bond donors (Lipinski definition) is 1. The van der Waals surface area contributed by atoms with Crippen molar-refractivity contribution in [1.29, 1.82) is 0 Å². The van der Waals surface area contributed by atoms with Crippen LogP contribution in [-0.4, -0.2) is 30.8 Å². The number of nitrogens with zero attached hydrogens (tertiary/aromatic N) is 1. The zero-order valence-corrected chi connectivity index (χ0v) is 13.0. The Morgan fingerprint density at radius 2 is 1.84 bits per heavy atom. The second-order valence-corrected chi connectivity index (χ2v) is 6.36. The largest absolute Gasteiger partial charge is 0.329 e. The zero-order valence-electron chi connectivity index (χ0n) is 12.1. The van der Waals surface area contributed by atoms with Gasteiger partial charge in [0.05, 0.1) is 0 Å². The molecule has 0 aliphatic heterocycles. The quantitative estimate of drug-likeness (QED) is 0.833. The predicted molar refractivity (Wildman–Crippen MR) is 84.7 cm³/mol. The third-order valence-electron chi connectivity index (χ3n) is 4.37. The highest BCUT2D eigenvalue weighted by molar-refractivity contribution is 7.98. The number of rotatable bonds is 5. The summed E-state index contributed by atoms with van der Waals surface area (Å²) < 4.78 is 0. The van der Waals surface area contributed by atoms with E-state index in [0.717, 1.165) is 0 Å². The average molecular weight is 278 g/mol. The van der Waals surface area contributed by atoms with Crippen molar-refractivity contribution >= 4 is 11.8 Å². The molecule has 0 radical (unpaired) electrons. The Balaban J connectivity index is 2.08. The van der Waals surface area contributed by atoms with Crippen molar-refractivity contribution in [3.05, 3.63) is 29.8 Å². The van der Waals surface area contributed by atoms with E-state index in [9.17, 15) is 0 Å². The summed E-state index contributed by atoms with van der Waals surface area (Å²) in [4.78, 5) is 3.83. The van der Waals surface area contributed by atoms with E-state index in [1.54, 1.807) is 11.8 Å². The van der Waals surface area contributed by atoms with Gasteiger partial charge >= 0.3 is 0 Å². The van der Waals surface area contributed by atoms with E-state index in [1.165, 1.54) is 42.6 Å². The number of hydrogen-bond acceptors (Lipinski definition) is 3. The first-order chi connectivity index (χ1) is 9.26. The van der Waals surface area contributed by atoms with Gasteiger partial charge in [-0.15, -0.1) is 11.8 Å². The molecule has 2 N–H and O–H groups in total. The van der Waals surface area contributed by atoms with Gasteiger partial charge in [-0.3, -0.25) is 4.90 Å². The molecule has 0 spiro atoms. The lowest BCUT2D eigenvalue weighted by molar-refractivity contribution is 0.140. The molecule has 1 aliphatic carbocycles. The van der Waals surface area contributed by atoms with Gasteiger partial charge in [-0.25, -0.2) is 0 Å². The van der Waals surface area contributed by atoms with Gasteiger partial charge in [-0.05, 0) is 43.8 Å². The van der Waals surface area contributed by atoms with Crippen molar-refractivity contribution in [2.45, 2.75) is 49.1 Å². The summed E-state index contributed by atoms with van der Waals surface area (Å²) in [5.41, 5.74) is 7.39. The lowest BCUT2D eigenvalue weighted by Crippen LogP contribution is -2.39. The Morgan fingerprint density at radius 1 is 1.21 bits per heavy atom. The van der Waals surface area contributed by atoms with Crippen molar-refractivity contribution in [1.82, 2.24) is 4.90 Å². The summed E-state index contributed by atoms with van der Waals surface area (Å²) in [5, 5.41) is 0. The smallest absolute Gasteiger partial charge is 0.0470 e. The van der Waals surface area contributed by atoms with Gasteiger partial charge in [-0.1, -0.05) is 31.4 Å². The maximum Gasteiger partial charge on any atom is 0.0470 e. The summed E-state index contributed by atoms with van der Waals surface area (Å²) >= 11 is 1.79. The number of likely N-dealkylation sites (N-methyl/N-ethyl adjacent to an activating group) is 1. The molecule has 0 aromatic heterocycles. The van der Waals surface area contributed by atoms with E-state index in [0.29, 0.717) is 18.6 Å². The van der Waals surface area contributed by atoms with Crippen LogP contribution in [0.4, 0.5) is 0 Å². The van der Waals surface area contributed by atoms with Gasteiger partial charge in [0, 0.05) is 23.5 Å². The molecule has 1 aliphatic rings. The van der Waals surface area contributed by atoms with E-state index >= 15 is 0 Å². The molecule has 1 aromatic rings. The van der Waals surface area contributed by atoms with Gasteiger partial charge in [0.1, 0.15) is 0 Å². The van der Waals surface area contributed by atoms with Gasteiger partial charge < -0.3 is 5.73 Å². The fourth-order valence-corrected chi connectivity index (χ4v) is 3.51. The Kier molecular flexibility index (Phi) is 5.74. The highest BCUT2D eigenvalue weighted by Gasteiger charge is 2.24. The van der Waals surface area contributed by atoms with E-state index in [-0.39, 0.29) is 0 Å². The summed E-state index contributed by atoms with van der Waals surface area (Å²) in [6.07, 6.45) is 8.92. The first-order valence-electron chi connectivity index (χ1n) is 7.32.